The quantitative estimate of drug-likeness (QED) is 0.541. The van der Waals surface area contributed by atoms with Gasteiger partial charge in [0, 0.05) is 30.8 Å². The highest BCUT2D eigenvalue weighted by Gasteiger charge is 2.42. The molecule has 0 spiro atoms. The van der Waals surface area contributed by atoms with E-state index in [1.54, 1.807) is 13.1 Å². The molecule has 0 aliphatic carbocycles. The Morgan fingerprint density at radius 1 is 1.03 bits per heavy atom. The fraction of sp³-hybridized carbons (Fsp3) is 0.304. The average Bonchev–Trinajstić information content (AvgIpc) is 2.78. The SMILES string of the molecule is CCS(=O)(=O)[N+]1(c2cccc(-c3ccc(CCNS(C)(=O)=O)cc3)c2)C=C(CN)C=CC1. The van der Waals surface area contributed by atoms with E-state index in [9.17, 15) is 16.8 Å². The third kappa shape index (κ3) is 5.36. The van der Waals surface area contributed by atoms with Gasteiger partial charge in [-0.25, -0.2) is 13.1 Å². The van der Waals surface area contributed by atoms with Crippen LogP contribution in [0.1, 0.15) is 12.5 Å². The van der Waals surface area contributed by atoms with Gasteiger partial charge < -0.3 is 5.73 Å². The Hall–Kier alpha value is -2.30. The molecule has 2 aromatic carbocycles. The Morgan fingerprint density at radius 2 is 1.75 bits per heavy atom. The van der Waals surface area contributed by atoms with Crippen molar-refractivity contribution in [3.8, 4) is 11.1 Å². The Balaban J connectivity index is 1.93. The van der Waals surface area contributed by atoms with Crippen molar-refractivity contribution in [2.45, 2.75) is 13.3 Å². The van der Waals surface area contributed by atoms with Gasteiger partial charge in [0.25, 0.3) is 0 Å². The van der Waals surface area contributed by atoms with Gasteiger partial charge in [-0.15, -0.1) is 0 Å². The lowest BCUT2D eigenvalue weighted by molar-refractivity contribution is 0.511. The van der Waals surface area contributed by atoms with E-state index in [0.29, 0.717) is 25.2 Å². The van der Waals surface area contributed by atoms with Gasteiger partial charge in [0.05, 0.1) is 12.0 Å². The van der Waals surface area contributed by atoms with Crippen LogP contribution in [0.3, 0.4) is 0 Å². The van der Waals surface area contributed by atoms with Crippen LogP contribution in [0.15, 0.2) is 72.5 Å². The van der Waals surface area contributed by atoms with Crippen molar-refractivity contribution in [2.75, 3.05) is 31.6 Å². The van der Waals surface area contributed by atoms with Gasteiger partial charge in [0.15, 0.2) is 5.69 Å². The van der Waals surface area contributed by atoms with Crippen LogP contribution in [-0.4, -0.2) is 48.5 Å². The highest BCUT2D eigenvalue weighted by Crippen LogP contribution is 2.35. The molecule has 0 amide bonds. The molecular formula is C23H30N3O4S2+. The van der Waals surface area contributed by atoms with Crippen molar-refractivity contribution >= 4 is 25.7 Å². The summed E-state index contributed by atoms with van der Waals surface area (Å²) in [6.07, 6.45) is 7.21. The van der Waals surface area contributed by atoms with Crippen LogP contribution in [0.5, 0.6) is 0 Å². The average molecular weight is 477 g/mol. The lowest BCUT2D eigenvalue weighted by Gasteiger charge is -2.34. The molecule has 1 heterocycles. The van der Waals surface area contributed by atoms with E-state index in [1.807, 2.05) is 60.7 Å². The molecule has 1 atom stereocenters. The maximum atomic E-state index is 13.2. The summed E-state index contributed by atoms with van der Waals surface area (Å²) in [6, 6.07) is 15.4. The van der Waals surface area contributed by atoms with Crippen LogP contribution in [0.2, 0.25) is 0 Å². The van der Waals surface area contributed by atoms with Crippen molar-refractivity contribution in [1.82, 2.24) is 8.61 Å². The van der Waals surface area contributed by atoms with Crippen LogP contribution in [0.25, 0.3) is 11.1 Å². The fourth-order valence-electron chi connectivity index (χ4n) is 3.78. The number of hydrogen-bond donors (Lipinski definition) is 2. The molecule has 1 aliphatic rings. The molecule has 1 aliphatic heterocycles. The topological polar surface area (TPSA) is 106 Å². The highest BCUT2D eigenvalue weighted by molar-refractivity contribution is 7.91. The molecule has 7 nitrogen and oxygen atoms in total. The van der Waals surface area contributed by atoms with Crippen LogP contribution in [-0.2, 0) is 26.5 Å². The van der Waals surface area contributed by atoms with Gasteiger partial charge in [-0.3, -0.25) is 0 Å². The van der Waals surface area contributed by atoms with Crippen molar-refractivity contribution in [2.24, 2.45) is 5.73 Å². The van der Waals surface area contributed by atoms with Gasteiger partial charge in [0.1, 0.15) is 12.7 Å². The first-order chi connectivity index (χ1) is 15.1. The van der Waals surface area contributed by atoms with Crippen LogP contribution < -0.4 is 14.3 Å². The molecule has 3 N–H and O–H groups in total. The number of sulfonamides is 2. The third-order valence-corrected chi connectivity index (χ3v) is 8.44. The smallest absolute Gasteiger partial charge is 0.306 e. The molecular weight excluding hydrogens is 446 g/mol. The van der Waals surface area contributed by atoms with Gasteiger partial charge >= 0.3 is 10.0 Å². The van der Waals surface area contributed by atoms with E-state index in [4.69, 9.17) is 5.73 Å². The highest BCUT2D eigenvalue weighted by atomic mass is 32.2. The first-order valence-electron chi connectivity index (χ1n) is 10.4. The van der Waals surface area contributed by atoms with Crippen molar-refractivity contribution < 1.29 is 16.8 Å². The number of nitrogens with one attached hydrogen (secondary N) is 1. The summed E-state index contributed by atoms with van der Waals surface area (Å²) in [5.41, 5.74) is 10.1. The molecule has 0 fully saturated rings. The first kappa shape index (κ1) is 24.3. The molecule has 172 valence electrons. The lowest BCUT2D eigenvalue weighted by atomic mass is 10.0. The Morgan fingerprint density at radius 3 is 2.38 bits per heavy atom. The van der Waals surface area contributed by atoms with E-state index in [2.05, 4.69) is 4.72 Å². The third-order valence-electron chi connectivity index (χ3n) is 5.53. The van der Waals surface area contributed by atoms with Crippen molar-refractivity contribution in [3.05, 3.63) is 78.0 Å². The van der Waals surface area contributed by atoms with Gasteiger partial charge in [-0.2, -0.15) is 12.3 Å². The van der Waals surface area contributed by atoms with Gasteiger partial charge in [0.2, 0.25) is 10.0 Å². The van der Waals surface area contributed by atoms with E-state index >= 15 is 0 Å². The van der Waals surface area contributed by atoms with E-state index < -0.39 is 20.0 Å². The summed E-state index contributed by atoms with van der Waals surface area (Å²) in [5.74, 6) is 0.00956. The number of nitrogens with two attached hydrogens (primary N) is 1. The second kappa shape index (κ2) is 9.68. The zero-order valence-corrected chi connectivity index (χ0v) is 20.0. The van der Waals surface area contributed by atoms with Crippen molar-refractivity contribution in [1.29, 1.82) is 0 Å². The molecule has 0 radical (unpaired) electrons. The summed E-state index contributed by atoms with van der Waals surface area (Å²) in [6.45, 7) is 2.58. The molecule has 0 aromatic heterocycles. The summed E-state index contributed by atoms with van der Waals surface area (Å²) in [7, 11) is -6.71. The number of hydrogen-bond acceptors (Lipinski definition) is 5. The van der Waals surface area contributed by atoms with E-state index in [1.165, 1.54) is 0 Å². The first-order valence-corrected chi connectivity index (χ1v) is 13.9. The maximum absolute atomic E-state index is 13.2. The number of quaternary nitrogens is 1. The van der Waals surface area contributed by atoms with Gasteiger partial charge in [-0.1, -0.05) is 42.5 Å². The second-order valence-corrected chi connectivity index (χ2v) is 12.0. The molecule has 0 bridgehead atoms. The molecule has 0 saturated carbocycles. The standard InChI is InChI=1S/C23H30N3O4S2/c1-3-32(29,30)26(15-5-6-20(17-24)18-26)23-8-4-7-22(16-23)21-11-9-19(10-12-21)13-14-25-31(2,27)28/h4-12,16,18,25H,3,13-15,17,24H2,1-2H3/q+1. The summed E-state index contributed by atoms with van der Waals surface area (Å²) < 4.78 is 51.0. The van der Waals surface area contributed by atoms with Crippen LogP contribution in [0.4, 0.5) is 5.69 Å². The molecule has 2 aromatic rings. The minimum atomic E-state index is -3.51. The minimum Gasteiger partial charge on any atom is -0.326 e. The maximum Gasteiger partial charge on any atom is 0.306 e. The summed E-state index contributed by atoms with van der Waals surface area (Å²) in [4.78, 5) is 0. The fourth-order valence-corrected chi connectivity index (χ4v) is 5.75. The van der Waals surface area contributed by atoms with Crippen LogP contribution in [0, 0.1) is 0 Å². The Labute approximate surface area is 190 Å². The molecule has 0 saturated heterocycles. The number of rotatable bonds is 9. The zero-order valence-electron chi connectivity index (χ0n) is 18.4. The van der Waals surface area contributed by atoms with Gasteiger partial charge in [-0.05, 0) is 36.1 Å². The number of nitrogens with zero attached hydrogens (tertiary/aromatic N) is 1. The van der Waals surface area contributed by atoms with Crippen molar-refractivity contribution in [3.63, 3.8) is 0 Å². The molecule has 9 heteroatoms. The van der Waals surface area contributed by atoms with Crippen LogP contribution >= 0.6 is 0 Å². The largest absolute Gasteiger partial charge is 0.326 e. The summed E-state index contributed by atoms with van der Waals surface area (Å²) >= 11 is 0. The normalized spacial score (nSPS) is 19.0. The monoisotopic (exact) mass is 476 g/mol. The van der Waals surface area contributed by atoms with E-state index in [-0.39, 0.29) is 16.2 Å². The molecule has 3 rings (SSSR count). The zero-order chi connectivity index (χ0) is 23.4. The predicted octanol–water partition coefficient (Wildman–Crippen LogP) is 2.51. The summed E-state index contributed by atoms with van der Waals surface area (Å²) in [5, 5.41) is 0. The predicted molar refractivity (Wildman–Crippen MR) is 131 cm³/mol. The Bertz CT molecular complexity index is 1230. The second-order valence-electron chi connectivity index (χ2n) is 7.82. The number of benzene rings is 2. The Kier molecular flexibility index (Phi) is 7.36. The van der Waals surface area contributed by atoms with E-state index in [0.717, 1.165) is 28.5 Å². The lowest BCUT2D eigenvalue weighted by Crippen LogP contribution is -2.51. The molecule has 1 unspecified atom stereocenters. The minimum absolute atomic E-state index is 0.00956. The molecule has 32 heavy (non-hydrogen) atoms.